The molecule has 0 saturated heterocycles. The highest BCUT2D eigenvalue weighted by atomic mass is 32.1. The van der Waals surface area contributed by atoms with E-state index in [9.17, 15) is 8.78 Å². The van der Waals surface area contributed by atoms with Crippen LogP contribution < -0.4 is 0 Å². The van der Waals surface area contributed by atoms with Crippen LogP contribution in [0.3, 0.4) is 0 Å². The van der Waals surface area contributed by atoms with Crippen LogP contribution in [0.2, 0.25) is 0 Å². The lowest BCUT2D eigenvalue weighted by Gasteiger charge is -1.77. The molecule has 5 heteroatoms. The van der Waals surface area contributed by atoms with Gasteiger partial charge in [-0.2, -0.15) is 10.5 Å². The molecule has 0 saturated carbocycles. The van der Waals surface area contributed by atoms with E-state index in [1.165, 1.54) is 12.1 Å². The minimum absolute atomic E-state index is 0.390. The number of nitriles is 2. The van der Waals surface area contributed by atoms with Crippen LogP contribution in [-0.2, 0) is 0 Å². The first-order valence-electron chi connectivity index (χ1n) is 2.48. The second-order valence-corrected chi connectivity index (χ2v) is 2.63. The molecule has 2 nitrogen and oxygen atoms in total. The van der Waals surface area contributed by atoms with Crippen LogP contribution in [0.5, 0.6) is 0 Å². The average molecular weight is 170 g/mol. The Bertz CT molecular complexity index is 335. The second-order valence-electron chi connectivity index (χ2n) is 1.61. The summed E-state index contributed by atoms with van der Waals surface area (Å²) < 4.78 is 24.9. The molecule has 1 aromatic rings. The van der Waals surface area contributed by atoms with Gasteiger partial charge in [0.15, 0.2) is 11.6 Å². The lowest BCUT2D eigenvalue weighted by molar-refractivity contribution is 0.513. The van der Waals surface area contributed by atoms with Gasteiger partial charge in [0.05, 0.1) is 0 Å². The molecule has 0 spiro atoms. The molecule has 0 radical (unpaired) electrons. The van der Waals surface area contributed by atoms with Crippen LogP contribution in [0.1, 0.15) is 9.75 Å². The monoisotopic (exact) mass is 170 g/mol. The zero-order chi connectivity index (χ0) is 8.43. The first-order valence-corrected chi connectivity index (χ1v) is 3.30. The molecule has 1 rings (SSSR count). The standard InChI is InChI=1S/C6F2N2S/c7-5-3(1-9)11-4(2-10)6(5)8. The number of nitrogens with zero attached hydrogens (tertiary/aromatic N) is 2. The molecule has 1 heterocycles. The van der Waals surface area contributed by atoms with E-state index in [0.717, 1.165) is 0 Å². The Morgan fingerprint density at radius 2 is 1.36 bits per heavy atom. The van der Waals surface area contributed by atoms with E-state index in [1.54, 1.807) is 0 Å². The van der Waals surface area contributed by atoms with E-state index in [-0.39, 0.29) is 9.75 Å². The van der Waals surface area contributed by atoms with E-state index in [1.807, 2.05) is 0 Å². The van der Waals surface area contributed by atoms with Crippen LogP contribution in [0.15, 0.2) is 0 Å². The molecule has 0 unspecified atom stereocenters. The van der Waals surface area contributed by atoms with Crippen molar-refractivity contribution in [3.05, 3.63) is 21.4 Å². The summed E-state index contributed by atoms with van der Waals surface area (Å²) in [5.74, 6) is -2.46. The van der Waals surface area contributed by atoms with Crippen molar-refractivity contribution in [2.75, 3.05) is 0 Å². The smallest absolute Gasteiger partial charge is 0.188 e. The van der Waals surface area contributed by atoms with E-state index in [2.05, 4.69) is 0 Å². The summed E-state index contributed by atoms with van der Waals surface area (Å²) in [6.07, 6.45) is 0. The van der Waals surface area contributed by atoms with Gasteiger partial charge in [-0.15, -0.1) is 11.3 Å². The SMILES string of the molecule is N#Cc1sc(C#N)c(F)c1F. The van der Waals surface area contributed by atoms with Crippen LogP contribution in [-0.4, -0.2) is 0 Å². The normalized spacial score (nSPS) is 8.73. The Morgan fingerprint density at radius 3 is 1.55 bits per heavy atom. The van der Waals surface area contributed by atoms with Gasteiger partial charge in [-0.1, -0.05) is 0 Å². The summed E-state index contributed by atoms with van der Waals surface area (Å²) in [6.45, 7) is 0. The number of hydrogen-bond donors (Lipinski definition) is 0. The van der Waals surface area contributed by atoms with Crippen molar-refractivity contribution in [2.45, 2.75) is 0 Å². The average Bonchev–Trinajstić information content (AvgIpc) is 2.30. The van der Waals surface area contributed by atoms with E-state index >= 15 is 0 Å². The van der Waals surface area contributed by atoms with Gasteiger partial charge in [-0.05, 0) is 0 Å². The topological polar surface area (TPSA) is 47.6 Å². The molecule has 0 N–H and O–H groups in total. The minimum Gasteiger partial charge on any atom is -0.201 e. The Labute approximate surface area is 64.9 Å². The molecule has 0 bridgehead atoms. The summed E-state index contributed by atoms with van der Waals surface area (Å²) in [6, 6.07) is 2.89. The quantitative estimate of drug-likeness (QED) is 0.595. The molecule has 54 valence electrons. The maximum Gasteiger partial charge on any atom is 0.188 e. The summed E-state index contributed by atoms with van der Waals surface area (Å²) in [5, 5.41) is 16.4. The van der Waals surface area contributed by atoms with Gasteiger partial charge in [-0.3, -0.25) is 0 Å². The number of hydrogen-bond acceptors (Lipinski definition) is 3. The largest absolute Gasteiger partial charge is 0.201 e. The second kappa shape index (κ2) is 2.65. The molecule has 0 aliphatic rings. The molecule has 0 fully saturated rings. The Morgan fingerprint density at radius 1 is 1.00 bits per heavy atom. The number of thiophene rings is 1. The van der Waals surface area contributed by atoms with Gasteiger partial charge < -0.3 is 0 Å². The van der Waals surface area contributed by atoms with E-state index in [0.29, 0.717) is 11.3 Å². The molecule has 0 atom stereocenters. The van der Waals surface area contributed by atoms with Crippen LogP contribution in [0.25, 0.3) is 0 Å². The molecular weight excluding hydrogens is 170 g/mol. The summed E-state index contributed by atoms with van der Waals surface area (Å²) in [7, 11) is 0. The van der Waals surface area contributed by atoms with Crippen LogP contribution >= 0.6 is 11.3 Å². The van der Waals surface area contributed by atoms with Crippen LogP contribution in [0.4, 0.5) is 8.78 Å². The molecule has 0 amide bonds. The van der Waals surface area contributed by atoms with Gasteiger partial charge >= 0.3 is 0 Å². The van der Waals surface area contributed by atoms with Gasteiger partial charge in [-0.25, -0.2) is 8.78 Å². The zero-order valence-electron chi connectivity index (χ0n) is 5.06. The van der Waals surface area contributed by atoms with Gasteiger partial charge in [0.25, 0.3) is 0 Å². The highest BCUT2D eigenvalue weighted by Gasteiger charge is 2.17. The zero-order valence-corrected chi connectivity index (χ0v) is 5.88. The third-order valence-electron chi connectivity index (χ3n) is 0.999. The third-order valence-corrected chi connectivity index (χ3v) is 1.95. The summed E-state index contributed by atoms with van der Waals surface area (Å²) in [5.41, 5.74) is 0. The van der Waals surface area contributed by atoms with E-state index < -0.39 is 11.6 Å². The lowest BCUT2D eigenvalue weighted by atomic mass is 10.4. The Balaban J connectivity index is 3.40. The minimum atomic E-state index is -1.23. The highest BCUT2D eigenvalue weighted by molar-refractivity contribution is 7.13. The van der Waals surface area contributed by atoms with Crippen molar-refractivity contribution in [3.8, 4) is 12.1 Å². The molecule has 0 aliphatic carbocycles. The predicted molar refractivity (Wildman–Crippen MR) is 33.7 cm³/mol. The van der Waals surface area contributed by atoms with Crippen molar-refractivity contribution >= 4 is 11.3 Å². The maximum atomic E-state index is 12.5. The molecule has 11 heavy (non-hydrogen) atoms. The van der Waals surface area contributed by atoms with Gasteiger partial charge in [0.2, 0.25) is 0 Å². The summed E-state index contributed by atoms with van der Waals surface area (Å²) in [4.78, 5) is -0.780. The van der Waals surface area contributed by atoms with Crippen molar-refractivity contribution in [3.63, 3.8) is 0 Å². The van der Waals surface area contributed by atoms with Crippen molar-refractivity contribution < 1.29 is 8.78 Å². The third kappa shape index (κ3) is 1.06. The summed E-state index contributed by atoms with van der Waals surface area (Å²) >= 11 is 0.514. The Hall–Kier alpha value is -1.46. The molecular formula is C6F2N2S. The van der Waals surface area contributed by atoms with Crippen molar-refractivity contribution in [1.82, 2.24) is 0 Å². The lowest BCUT2D eigenvalue weighted by Crippen LogP contribution is -1.78. The predicted octanol–water partition coefficient (Wildman–Crippen LogP) is 1.77. The van der Waals surface area contributed by atoms with Gasteiger partial charge in [0, 0.05) is 0 Å². The maximum absolute atomic E-state index is 12.5. The first kappa shape index (κ1) is 7.64. The van der Waals surface area contributed by atoms with Crippen molar-refractivity contribution in [2.24, 2.45) is 0 Å². The first-order chi connectivity index (χ1) is 5.20. The van der Waals surface area contributed by atoms with Crippen LogP contribution in [0, 0.1) is 34.3 Å². The Kier molecular flexibility index (Phi) is 1.84. The fraction of sp³-hybridized carbons (Fsp3) is 0. The number of halogens is 2. The molecule has 1 aromatic heterocycles. The molecule has 0 aliphatic heterocycles. The fourth-order valence-electron chi connectivity index (χ4n) is 0.535. The fourth-order valence-corrected chi connectivity index (χ4v) is 1.19. The number of rotatable bonds is 0. The van der Waals surface area contributed by atoms with Gasteiger partial charge in [0.1, 0.15) is 21.9 Å². The van der Waals surface area contributed by atoms with Crippen molar-refractivity contribution in [1.29, 1.82) is 10.5 Å². The highest BCUT2D eigenvalue weighted by Crippen LogP contribution is 2.23. The molecule has 0 aromatic carbocycles. The van der Waals surface area contributed by atoms with E-state index in [4.69, 9.17) is 10.5 Å².